The number of ether oxygens (including phenoxy) is 1. The second-order valence-electron chi connectivity index (χ2n) is 9.12. The van der Waals surface area contributed by atoms with Crippen LogP contribution < -0.4 is 4.74 Å². The number of carbonyl (C=O) groups is 1. The third-order valence-electron chi connectivity index (χ3n) is 5.94. The smallest absolute Gasteiger partial charge is 0.129 e. The van der Waals surface area contributed by atoms with Crippen molar-refractivity contribution < 1.29 is 14.6 Å². The zero-order valence-corrected chi connectivity index (χ0v) is 20.0. The number of benzene rings is 2. The lowest BCUT2D eigenvalue weighted by atomic mass is 10.0. The zero-order valence-electron chi connectivity index (χ0n) is 20.0. The minimum atomic E-state index is -0.520. The molecule has 0 aliphatic carbocycles. The maximum Gasteiger partial charge on any atom is 0.129 e. The Balaban J connectivity index is 0.000000668. The summed E-state index contributed by atoms with van der Waals surface area (Å²) < 4.78 is 8.25. The molecule has 0 bridgehead atoms. The van der Waals surface area contributed by atoms with Crippen molar-refractivity contribution in [3.05, 3.63) is 65.4 Å². The van der Waals surface area contributed by atoms with Crippen LogP contribution in [-0.4, -0.2) is 40.0 Å². The van der Waals surface area contributed by atoms with Crippen LogP contribution in [0.1, 0.15) is 50.1 Å². The first-order valence-electron chi connectivity index (χ1n) is 11.4. The van der Waals surface area contributed by atoms with Crippen molar-refractivity contribution in [1.82, 2.24) is 9.47 Å². The summed E-state index contributed by atoms with van der Waals surface area (Å²) in [6.07, 6.45) is 0.694. The molecule has 2 aromatic carbocycles. The van der Waals surface area contributed by atoms with E-state index in [0.717, 1.165) is 41.0 Å². The molecule has 0 spiro atoms. The molecule has 2 heterocycles. The topological polar surface area (TPSA) is 54.7 Å². The Hall–Kier alpha value is -2.63. The highest BCUT2D eigenvalue weighted by Gasteiger charge is 2.26. The SMILES string of the molecule is CC(C)=O.Cc1ccc(OCc2c(C(O)CN3CCC(C)C3)c3ccccc3n2C)cc1. The monoisotopic (exact) mass is 436 g/mol. The normalized spacial score (nSPS) is 17.1. The lowest BCUT2D eigenvalue weighted by Gasteiger charge is -2.21. The number of hydrogen-bond acceptors (Lipinski definition) is 4. The lowest BCUT2D eigenvalue weighted by molar-refractivity contribution is -0.114. The van der Waals surface area contributed by atoms with Gasteiger partial charge in [0, 0.05) is 36.6 Å². The molecule has 32 heavy (non-hydrogen) atoms. The van der Waals surface area contributed by atoms with E-state index in [1.54, 1.807) is 0 Å². The summed E-state index contributed by atoms with van der Waals surface area (Å²) in [5, 5.41) is 12.3. The van der Waals surface area contributed by atoms with Crippen LogP contribution in [0.5, 0.6) is 5.75 Å². The van der Waals surface area contributed by atoms with Crippen molar-refractivity contribution in [3.8, 4) is 5.75 Å². The quantitative estimate of drug-likeness (QED) is 0.588. The highest BCUT2D eigenvalue weighted by atomic mass is 16.5. The molecule has 1 fully saturated rings. The van der Waals surface area contributed by atoms with Crippen LogP contribution in [-0.2, 0) is 18.4 Å². The predicted octanol–water partition coefficient (Wildman–Crippen LogP) is 5.04. The van der Waals surface area contributed by atoms with E-state index in [2.05, 4.69) is 54.6 Å². The Bertz CT molecular complexity index is 1030. The van der Waals surface area contributed by atoms with Crippen LogP contribution >= 0.6 is 0 Å². The standard InChI is InChI=1S/C24H30N2O2.C3H6O/c1-17-8-10-19(11-9-17)28-16-22-24(20-6-4-5-7-21(20)25(22)3)23(27)15-26-13-12-18(2)14-26;1-3(2)4/h4-11,18,23,27H,12-16H2,1-3H3;1-2H3. The van der Waals surface area contributed by atoms with Crippen molar-refractivity contribution >= 4 is 16.7 Å². The summed E-state index contributed by atoms with van der Waals surface area (Å²) in [4.78, 5) is 11.8. The van der Waals surface area contributed by atoms with Gasteiger partial charge in [0.05, 0.1) is 11.8 Å². The number of Topliss-reactive ketones (excluding diaryl/α,β-unsaturated/α-hetero) is 1. The number of carbonyl (C=O) groups excluding carboxylic acids is 1. The maximum atomic E-state index is 11.2. The first-order valence-corrected chi connectivity index (χ1v) is 11.4. The second kappa shape index (κ2) is 10.8. The summed E-state index contributed by atoms with van der Waals surface area (Å²) in [5.74, 6) is 1.73. The van der Waals surface area contributed by atoms with Gasteiger partial charge < -0.3 is 24.1 Å². The molecule has 1 saturated heterocycles. The molecule has 5 nitrogen and oxygen atoms in total. The third kappa shape index (κ3) is 5.99. The molecule has 0 radical (unpaired) electrons. The van der Waals surface area contributed by atoms with Crippen LogP contribution in [0.15, 0.2) is 48.5 Å². The van der Waals surface area contributed by atoms with Crippen LogP contribution in [0.25, 0.3) is 10.9 Å². The Morgan fingerprint density at radius 1 is 1.16 bits per heavy atom. The van der Waals surface area contributed by atoms with Gasteiger partial charge in [-0.15, -0.1) is 0 Å². The Morgan fingerprint density at radius 3 is 2.44 bits per heavy atom. The van der Waals surface area contributed by atoms with Crippen molar-refractivity contribution in [2.45, 2.75) is 46.8 Å². The van der Waals surface area contributed by atoms with E-state index in [1.807, 2.05) is 24.3 Å². The number of ketones is 1. The van der Waals surface area contributed by atoms with Gasteiger partial charge in [-0.05, 0) is 57.9 Å². The van der Waals surface area contributed by atoms with Crippen molar-refractivity contribution in [2.24, 2.45) is 13.0 Å². The van der Waals surface area contributed by atoms with Crippen LogP contribution in [0.3, 0.4) is 0 Å². The number of hydrogen-bond donors (Lipinski definition) is 1. The number of nitrogens with zero attached hydrogens (tertiary/aromatic N) is 2. The molecule has 1 aliphatic rings. The highest BCUT2D eigenvalue weighted by molar-refractivity contribution is 5.86. The highest BCUT2D eigenvalue weighted by Crippen LogP contribution is 2.32. The molecule has 5 heteroatoms. The molecule has 3 aromatic rings. The Kier molecular flexibility index (Phi) is 8.10. The van der Waals surface area contributed by atoms with Gasteiger partial charge in [0.2, 0.25) is 0 Å². The minimum absolute atomic E-state index is 0.167. The summed E-state index contributed by atoms with van der Waals surface area (Å²) in [7, 11) is 2.06. The molecule has 2 unspecified atom stereocenters. The van der Waals surface area contributed by atoms with E-state index in [-0.39, 0.29) is 5.78 Å². The fourth-order valence-electron chi connectivity index (χ4n) is 4.34. The molecule has 0 amide bonds. The number of aliphatic hydroxyl groups excluding tert-OH is 1. The van der Waals surface area contributed by atoms with Gasteiger partial charge >= 0.3 is 0 Å². The van der Waals surface area contributed by atoms with E-state index in [4.69, 9.17) is 4.74 Å². The van der Waals surface area contributed by atoms with Crippen molar-refractivity contribution in [3.63, 3.8) is 0 Å². The molecule has 0 saturated carbocycles. The van der Waals surface area contributed by atoms with Gasteiger partial charge in [0.15, 0.2) is 0 Å². The van der Waals surface area contributed by atoms with Gasteiger partial charge in [-0.1, -0.05) is 42.8 Å². The summed E-state index contributed by atoms with van der Waals surface area (Å²) >= 11 is 0. The number of para-hydroxylation sites is 1. The first-order chi connectivity index (χ1) is 15.3. The van der Waals surface area contributed by atoms with E-state index in [1.165, 1.54) is 25.8 Å². The second-order valence-corrected chi connectivity index (χ2v) is 9.12. The van der Waals surface area contributed by atoms with E-state index < -0.39 is 6.10 Å². The number of fused-ring (bicyclic) bond motifs is 1. The number of rotatable bonds is 6. The third-order valence-corrected chi connectivity index (χ3v) is 5.94. The molecule has 1 N–H and O–H groups in total. The predicted molar refractivity (Wildman–Crippen MR) is 130 cm³/mol. The molecule has 2 atom stereocenters. The lowest BCUT2D eigenvalue weighted by Crippen LogP contribution is -2.27. The van der Waals surface area contributed by atoms with E-state index >= 15 is 0 Å². The summed E-state index contributed by atoms with van der Waals surface area (Å²) in [5.41, 5.74) is 4.40. The number of likely N-dealkylation sites (tertiary alicyclic amines) is 1. The average Bonchev–Trinajstić information content (AvgIpc) is 3.28. The van der Waals surface area contributed by atoms with Gasteiger partial charge in [0.1, 0.15) is 18.1 Å². The largest absolute Gasteiger partial charge is 0.487 e. The minimum Gasteiger partial charge on any atom is -0.487 e. The van der Waals surface area contributed by atoms with E-state index in [0.29, 0.717) is 19.1 Å². The number of aryl methyl sites for hydroxylation is 2. The molecular formula is C27H36N2O3. The van der Waals surface area contributed by atoms with E-state index in [9.17, 15) is 9.90 Å². The summed E-state index contributed by atoms with van der Waals surface area (Å²) in [6, 6.07) is 16.4. The van der Waals surface area contributed by atoms with Crippen LogP contribution in [0.2, 0.25) is 0 Å². The summed E-state index contributed by atoms with van der Waals surface area (Å²) in [6.45, 7) is 10.7. The molecule has 1 aromatic heterocycles. The molecular weight excluding hydrogens is 400 g/mol. The molecule has 172 valence electrons. The molecule has 1 aliphatic heterocycles. The first kappa shape index (κ1) is 24.0. The number of aliphatic hydroxyl groups is 1. The fraction of sp³-hybridized carbons (Fsp3) is 0.444. The van der Waals surface area contributed by atoms with Gasteiger partial charge in [-0.25, -0.2) is 0 Å². The van der Waals surface area contributed by atoms with Gasteiger partial charge in [-0.2, -0.15) is 0 Å². The maximum absolute atomic E-state index is 11.2. The van der Waals surface area contributed by atoms with Gasteiger partial charge in [0.25, 0.3) is 0 Å². The Labute approximate surface area is 191 Å². The number of β-amino-alcohol motifs (C(OH)–C–C–N with tert-alkyl or cyclic N) is 1. The van der Waals surface area contributed by atoms with Crippen molar-refractivity contribution in [1.29, 1.82) is 0 Å². The van der Waals surface area contributed by atoms with Crippen LogP contribution in [0, 0.1) is 12.8 Å². The van der Waals surface area contributed by atoms with Crippen molar-refractivity contribution in [2.75, 3.05) is 19.6 Å². The zero-order chi connectivity index (χ0) is 23.3. The van der Waals surface area contributed by atoms with Crippen LogP contribution in [0.4, 0.5) is 0 Å². The van der Waals surface area contributed by atoms with Gasteiger partial charge in [-0.3, -0.25) is 0 Å². The average molecular weight is 437 g/mol. The number of aromatic nitrogens is 1. The molecule has 4 rings (SSSR count). The fourth-order valence-corrected chi connectivity index (χ4v) is 4.34. The Morgan fingerprint density at radius 2 is 1.81 bits per heavy atom.